The van der Waals surface area contributed by atoms with Gasteiger partial charge >= 0.3 is 0 Å². The molecule has 1 aromatic heterocycles. The fourth-order valence-corrected chi connectivity index (χ4v) is 4.47. The predicted molar refractivity (Wildman–Crippen MR) is 111 cm³/mol. The molecule has 1 heterocycles. The fourth-order valence-electron chi connectivity index (χ4n) is 3.12. The number of amides is 1. The van der Waals surface area contributed by atoms with Crippen LogP contribution in [-0.2, 0) is 10.0 Å². The van der Waals surface area contributed by atoms with E-state index in [0.717, 1.165) is 29.9 Å². The molecule has 0 aliphatic heterocycles. The number of hydrogen-bond acceptors (Lipinski definition) is 4. The highest BCUT2D eigenvalue weighted by Gasteiger charge is 2.28. The van der Waals surface area contributed by atoms with Crippen LogP contribution in [0.15, 0.2) is 59.5 Å². The van der Waals surface area contributed by atoms with E-state index in [9.17, 15) is 13.2 Å². The van der Waals surface area contributed by atoms with Gasteiger partial charge in [0.2, 0.25) is 10.0 Å². The minimum Gasteiger partial charge on any atom is -0.320 e. The Kier molecular flexibility index (Phi) is 4.97. The van der Waals surface area contributed by atoms with Crippen molar-refractivity contribution in [3.8, 4) is 5.69 Å². The summed E-state index contributed by atoms with van der Waals surface area (Å²) in [5, 5.41) is 7.36. The molecule has 3 aromatic rings. The Morgan fingerprint density at radius 1 is 1.07 bits per heavy atom. The number of rotatable bonds is 6. The van der Waals surface area contributed by atoms with Crippen LogP contribution >= 0.6 is 0 Å². The molecule has 0 unspecified atom stereocenters. The Morgan fingerprint density at radius 2 is 1.83 bits per heavy atom. The van der Waals surface area contributed by atoms with E-state index in [1.807, 2.05) is 38.1 Å². The van der Waals surface area contributed by atoms with Gasteiger partial charge in [0.1, 0.15) is 0 Å². The maximum Gasteiger partial charge on any atom is 0.255 e. The van der Waals surface area contributed by atoms with E-state index in [0.29, 0.717) is 5.69 Å². The number of sulfonamides is 1. The van der Waals surface area contributed by atoms with Crippen LogP contribution in [0.2, 0.25) is 0 Å². The summed E-state index contributed by atoms with van der Waals surface area (Å²) in [5.41, 5.74) is 3.43. The van der Waals surface area contributed by atoms with Gasteiger partial charge in [-0.05, 0) is 63.1 Å². The maximum atomic E-state index is 12.8. The average Bonchev–Trinajstić information content (AvgIpc) is 3.43. The molecule has 2 aromatic carbocycles. The average molecular weight is 410 g/mol. The van der Waals surface area contributed by atoms with Crippen molar-refractivity contribution in [2.45, 2.75) is 37.6 Å². The Bertz CT molecular complexity index is 1180. The SMILES string of the molecule is Cc1cc(C)n(-c2ccccc2NC(=O)c2cccc(S(=O)(=O)NC3CC3)c2)n1. The van der Waals surface area contributed by atoms with Gasteiger partial charge in [0, 0.05) is 17.3 Å². The van der Waals surface area contributed by atoms with Crippen molar-refractivity contribution in [1.29, 1.82) is 0 Å². The van der Waals surface area contributed by atoms with Gasteiger partial charge in [-0.1, -0.05) is 18.2 Å². The summed E-state index contributed by atoms with van der Waals surface area (Å²) in [6.45, 7) is 3.85. The molecule has 2 N–H and O–H groups in total. The number of hydrogen-bond donors (Lipinski definition) is 2. The van der Waals surface area contributed by atoms with E-state index in [1.165, 1.54) is 12.1 Å². The fraction of sp³-hybridized carbons (Fsp3) is 0.238. The monoisotopic (exact) mass is 410 g/mol. The second kappa shape index (κ2) is 7.46. The summed E-state index contributed by atoms with van der Waals surface area (Å²) in [6, 6.07) is 15.4. The summed E-state index contributed by atoms with van der Waals surface area (Å²) in [4.78, 5) is 12.9. The molecular weight excluding hydrogens is 388 g/mol. The van der Waals surface area contributed by atoms with Gasteiger partial charge < -0.3 is 5.32 Å². The van der Waals surface area contributed by atoms with Gasteiger partial charge in [0.15, 0.2) is 0 Å². The molecule has 1 aliphatic rings. The molecule has 8 heteroatoms. The van der Waals surface area contributed by atoms with Gasteiger partial charge in [-0.15, -0.1) is 0 Å². The molecular formula is C21H22N4O3S. The van der Waals surface area contributed by atoms with Crippen molar-refractivity contribution in [2.75, 3.05) is 5.32 Å². The molecule has 0 atom stereocenters. The molecule has 0 radical (unpaired) electrons. The van der Waals surface area contributed by atoms with E-state index < -0.39 is 10.0 Å². The Labute approximate surface area is 169 Å². The first-order valence-electron chi connectivity index (χ1n) is 9.40. The van der Waals surface area contributed by atoms with Crippen molar-refractivity contribution in [2.24, 2.45) is 0 Å². The van der Waals surface area contributed by atoms with Crippen molar-refractivity contribution >= 4 is 21.6 Å². The van der Waals surface area contributed by atoms with Crippen LogP contribution in [0.1, 0.15) is 34.6 Å². The van der Waals surface area contributed by atoms with E-state index in [1.54, 1.807) is 22.9 Å². The first-order valence-corrected chi connectivity index (χ1v) is 10.9. The summed E-state index contributed by atoms with van der Waals surface area (Å²) in [5.74, 6) is -0.387. The summed E-state index contributed by atoms with van der Waals surface area (Å²) >= 11 is 0. The molecule has 150 valence electrons. The summed E-state index contributed by atoms with van der Waals surface area (Å²) in [6.07, 6.45) is 1.70. The number of benzene rings is 2. The summed E-state index contributed by atoms with van der Waals surface area (Å²) in [7, 11) is -3.62. The largest absolute Gasteiger partial charge is 0.320 e. The molecule has 1 fully saturated rings. The third-order valence-corrected chi connectivity index (χ3v) is 6.21. The molecule has 1 saturated carbocycles. The van der Waals surface area contributed by atoms with Crippen molar-refractivity contribution < 1.29 is 13.2 Å². The Hall–Kier alpha value is -2.97. The van der Waals surface area contributed by atoms with Gasteiger partial charge in [0.25, 0.3) is 5.91 Å². The van der Waals surface area contributed by atoms with Crippen molar-refractivity contribution in [3.63, 3.8) is 0 Å². The minimum absolute atomic E-state index is 0.00475. The van der Waals surface area contributed by atoms with E-state index >= 15 is 0 Å². The number of nitrogens with zero attached hydrogens (tertiary/aromatic N) is 2. The normalized spacial score (nSPS) is 14.0. The number of aromatic nitrogens is 2. The quantitative estimate of drug-likeness (QED) is 0.653. The molecule has 0 saturated heterocycles. The molecule has 0 spiro atoms. The van der Waals surface area contributed by atoms with E-state index in [-0.39, 0.29) is 22.4 Å². The van der Waals surface area contributed by atoms with Crippen LogP contribution in [0.5, 0.6) is 0 Å². The summed E-state index contributed by atoms with van der Waals surface area (Å²) < 4.78 is 29.3. The Morgan fingerprint density at radius 3 is 2.52 bits per heavy atom. The van der Waals surface area contributed by atoms with Crippen LogP contribution in [0.4, 0.5) is 5.69 Å². The minimum atomic E-state index is -3.62. The van der Waals surface area contributed by atoms with Crippen LogP contribution in [0.3, 0.4) is 0 Å². The first-order chi connectivity index (χ1) is 13.8. The zero-order valence-electron chi connectivity index (χ0n) is 16.2. The lowest BCUT2D eigenvalue weighted by atomic mass is 10.2. The molecule has 1 amide bonds. The van der Waals surface area contributed by atoms with Crippen LogP contribution in [-0.4, -0.2) is 30.1 Å². The zero-order chi connectivity index (χ0) is 20.6. The highest BCUT2D eigenvalue weighted by Crippen LogP contribution is 2.24. The molecule has 7 nitrogen and oxygen atoms in total. The van der Waals surface area contributed by atoms with Crippen LogP contribution < -0.4 is 10.0 Å². The predicted octanol–water partition coefficient (Wildman–Crippen LogP) is 3.18. The van der Waals surface area contributed by atoms with Gasteiger partial charge in [0.05, 0.1) is 22.0 Å². The molecule has 0 bridgehead atoms. The van der Waals surface area contributed by atoms with E-state index in [2.05, 4.69) is 15.1 Å². The first kappa shape index (κ1) is 19.4. The number of carbonyl (C=O) groups excluding carboxylic acids is 1. The van der Waals surface area contributed by atoms with Crippen molar-refractivity contribution in [3.05, 3.63) is 71.5 Å². The second-order valence-corrected chi connectivity index (χ2v) is 8.95. The molecule has 4 rings (SSSR count). The topological polar surface area (TPSA) is 93.1 Å². The lowest BCUT2D eigenvalue weighted by Crippen LogP contribution is -2.26. The number of aryl methyl sites for hydroxylation is 2. The van der Waals surface area contributed by atoms with E-state index in [4.69, 9.17) is 0 Å². The number of carbonyl (C=O) groups is 1. The smallest absolute Gasteiger partial charge is 0.255 e. The van der Waals surface area contributed by atoms with Crippen LogP contribution in [0, 0.1) is 13.8 Å². The number of para-hydroxylation sites is 2. The lowest BCUT2D eigenvalue weighted by molar-refractivity contribution is 0.102. The number of anilines is 1. The van der Waals surface area contributed by atoms with Gasteiger partial charge in [-0.3, -0.25) is 4.79 Å². The standard InChI is InChI=1S/C21H22N4O3S/c1-14-12-15(2)25(23-14)20-9-4-3-8-19(20)22-21(26)16-6-5-7-18(13-16)29(27,28)24-17-10-11-17/h3-9,12-13,17,24H,10-11H2,1-2H3,(H,22,26). The Balaban J connectivity index is 1.61. The number of nitrogens with one attached hydrogen (secondary N) is 2. The molecule has 29 heavy (non-hydrogen) atoms. The highest BCUT2D eigenvalue weighted by atomic mass is 32.2. The lowest BCUT2D eigenvalue weighted by Gasteiger charge is -2.13. The van der Waals surface area contributed by atoms with Crippen molar-refractivity contribution in [1.82, 2.24) is 14.5 Å². The maximum absolute atomic E-state index is 12.8. The second-order valence-electron chi connectivity index (χ2n) is 7.23. The third-order valence-electron chi connectivity index (χ3n) is 4.70. The molecule has 1 aliphatic carbocycles. The zero-order valence-corrected chi connectivity index (χ0v) is 17.0. The van der Waals surface area contributed by atoms with Gasteiger partial charge in [-0.2, -0.15) is 5.10 Å². The third kappa shape index (κ3) is 4.23. The van der Waals surface area contributed by atoms with Crippen LogP contribution in [0.25, 0.3) is 5.69 Å². The highest BCUT2D eigenvalue weighted by molar-refractivity contribution is 7.89. The van der Waals surface area contributed by atoms with Gasteiger partial charge in [-0.25, -0.2) is 17.8 Å².